The van der Waals surface area contributed by atoms with Crippen molar-refractivity contribution in [2.45, 2.75) is 0 Å². The Balaban J connectivity index is 1.62. The third kappa shape index (κ3) is 3.88. The standard InChI is InChI=1S/C17H13ClN2O2S/c18-15-7-8-16(14-6-2-1-5-13(14)15)22-11-17(21)20-19-10-12-4-3-9-23-12/h1-10H,11H2,(H,20,21)/b19-10-. The predicted molar refractivity (Wildman–Crippen MR) is 94.5 cm³/mol. The topological polar surface area (TPSA) is 50.7 Å². The molecule has 1 N–H and O–H groups in total. The maximum Gasteiger partial charge on any atom is 0.277 e. The molecule has 0 fully saturated rings. The first-order valence-electron chi connectivity index (χ1n) is 6.89. The van der Waals surface area contributed by atoms with Gasteiger partial charge in [0.15, 0.2) is 6.61 Å². The molecule has 0 aliphatic rings. The Morgan fingerprint density at radius 3 is 2.78 bits per heavy atom. The fourth-order valence-corrected chi connectivity index (χ4v) is 2.88. The minimum Gasteiger partial charge on any atom is -0.483 e. The number of nitrogens with one attached hydrogen (secondary N) is 1. The van der Waals surface area contributed by atoms with Crippen LogP contribution in [0.25, 0.3) is 10.8 Å². The summed E-state index contributed by atoms with van der Waals surface area (Å²) in [6, 6.07) is 15.0. The van der Waals surface area contributed by atoms with Gasteiger partial charge in [-0.05, 0) is 23.6 Å². The average molecular weight is 345 g/mol. The van der Waals surface area contributed by atoms with E-state index in [2.05, 4.69) is 10.5 Å². The van der Waals surface area contributed by atoms with E-state index < -0.39 is 0 Å². The van der Waals surface area contributed by atoms with Gasteiger partial charge in [0, 0.05) is 20.7 Å². The van der Waals surface area contributed by atoms with Gasteiger partial charge < -0.3 is 4.74 Å². The highest BCUT2D eigenvalue weighted by Crippen LogP contribution is 2.31. The van der Waals surface area contributed by atoms with E-state index in [4.69, 9.17) is 16.3 Å². The van der Waals surface area contributed by atoms with Gasteiger partial charge >= 0.3 is 0 Å². The largest absolute Gasteiger partial charge is 0.483 e. The Hall–Kier alpha value is -2.37. The molecule has 0 saturated carbocycles. The number of benzene rings is 2. The molecule has 0 radical (unpaired) electrons. The average Bonchev–Trinajstić information content (AvgIpc) is 3.08. The molecule has 0 spiro atoms. The molecule has 4 nitrogen and oxygen atoms in total. The Morgan fingerprint density at radius 1 is 1.17 bits per heavy atom. The van der Waals surface area contributed by atoms with Crippen molar-refractivity contribution in [3.63, 3.8) is 0 Å². The second kappa shape index (κ2) is 7.26. The van der Waals surface area contributed by atoms with E-state index in [-0.39, 0.29) is 12.5 Å². The number of hydrogen-bond acceptors (Lipinski definition) is 4. The Labute approximate surface area is 142 Å². The summed E-state index contributed by atoms with van der Waals surface area (Å²) in [5.74, 6) is 0.291. The third-order valence-corrected chi connectivity index (χ3v) is 4.25. The monoisotopic (exact) mass is 344 g/mol. The first-order chi connectivity index (χ1) is 11.2. The lowest BCUT2D eigenvalue weighted by atomic mass is 10.1. The van der Waals surface area contributed by atoms with E-state index in [0.29, 0.717) is 10.8 Å². The zero-order chi connectivity index (χ0) is 16.1. The van der Waals surface area contributed by atoms with Crippen LogP contribution in [-0.2, 0) is 4.79 Å². The number of hydrazone groups is 1. The van der Waals surface area contributed by atoms with Gasteiger partial charge in [0.1, 0.15) is 5.75 Å². The van der Waals surface area contributed by atoms with E-state index in [1.165, 1.54) is 0 Å². The first-order valence-corrected chi connectivity index (χ1v) is 8.15. The van der Waals surface area contributed by atoms with Crippen molar-refractivity contribution in [2.24, 2.45) is 5.10 Å². The molecule has 0 bridgehead atoms. The van der Waals surface area contributed by atoms with Gasteiger partial charge in [-0.15, -0.1) is 11.3 Å². The number of amides is 1. The molecule has 0 aliphatic heterocycles. The SMILES string of the molecule is O=C(COc1ccc(Cl)c2ccccc12)N/N=C\c1cccs1. The van der Waals surface area contributed by atoms with E-state index in [1.807, 2.05) is 41.8 Å². The molecule has 23 heavy (non-hydrogen) atoms. The summed E-state index contributed by atoms with van der Waals surface area (Å²) in [7, 11) is 0. The van der Waals surface area contributed by atoms with Crippen molar-refractivity contribution >= 4 is 45.8 Å². The van der Waals surface area contributed by atoms with Crippen LogP contribution in [0.3, 0.4) is 0 Å². The van der Waals surface area contributed by atoms with Gasteiger partial charge in [-0.25, -0.2) is 5.43 Å². The van der Waals surface area contributed by atoms with Crippen LogP contribution >= 0.6 is 22.9 Å². The molecular weight excluding hydrogens is 332 g/mol. The molecule has 1 heterocycles. The molecule has 0 unspecified atom stereocenters. The van der Waals surface area contributed by atoms with Crippen LogP contribution < -0.4 is 10.2 Å². The van der Waals surface area contributed by atoms with Crippen molar-refractivity contribution in [1.29, 1.82) is 0 Å². The Kier molecular flexibility index (Phi) is 4.90. The number of thiophene rings is 1. The van der Waals surface area contributed by atoms with Crippen LogP contribution in [0.5, 0.6) is 5.75 Å². The Bertz CT molecular complexity index is 847. The lowest BCUT2D eigenvalue weighted by Gasteiger charge is -2.09. The molecule has 6 heteroatoms. The van der Waals surface area contributed by atoms with Crippen LogP contribution in [0.4, 0.5) is 0 Å². The van der Waals surface area contributed by atoms with Crippen LogP contribution in [0.1, 0.15) is 4.88 Å². The van der Waals surface area contributed by atoms with Crippen molar-refractivity contribution in [1.82, 2.24) is 5.43 Å². The van der Waals surface area contributed by atoms with Crippen molar-refractivity contribution in [2.75, 3.05) is 6.61 Å². The van der Waals surface area contributed by atoms with Crippen LogP contribution in [-0.4, -0.2) is 18.7 Å². The number of hydrogen-bond donors (Lipinski definition) is 1. The molecule has 1 amide bonds. The van der Waals surface area contributed by atoms with E-state index in [0.717, 1.165) is 15.6 Å². The number of ether oxygens (including phenoxy) is 1. The summed E-state index contributed by atoms with van der Waals surface area (Å²) < 4.78 is 5.58. The van der Waals surface area contributed by atoms with Gasteiger partial charge in [0.05, 0.1) is 6.21 Å². The molecule has 0 saturated heterocycles. The van der Waals surface area contributed by atoms with E-state index in [9.17, 15) is 4.79 Å². The highest BCUT2D eigenvalue weighted by atomic mass is 35.5. The third-order valence-electron chi connectivity index (χ3n) is 3.11. The van der Waals surface area contributed by atoms with E-state index in [1.54, 1.807) is 29.7 Å². The number of carbonyl (C=O) groups excluding carboxylic acids is 1. The number of halogens is 1. The normalized spacial score (nSPS) is 11.0. The molecule has 0 atom stereocenters. The van der Waals surface area contributed by atoms with Gasteiger partial charge in [-0.1, -0.05) is 41.9 Å². The summed E-state index contributed by atoms with van der Waals surface area (Å²) in [5, 5.41) is 8.24. The van der Waals surface area contributed by atoms with Gasteiger partial charge in [0.25, 0.3) is 5.91 Å². The number of fused-ring (bicyclic) bond motifs is 1. The molecular formula is C17H13ClN2O2S. The smallest absolute Gasteiger partial charge is 0.277 e. The fourth-order valence-electron chi connectivity index (χ4n) is 2.07. The molecule has 3 rings (SSSR count). The maximum absolute atomic E-state index is 11.8. The summed E-state index contributed by atoms with van der Waals surface area (Å²) in [5.41, 5.74) is 2.44. The zero-order valence-electron chi connectivity index (χ0n) is 12.0. The molecule has 2 aromatic carbocycles. The van der Waals surface area contributed by atoms with Crippen LogP contribution in [0, 0.1) is 0 Å². The molecule has 0 aliphatic carbocycles. The molecule has 3 aromatic rings. The minimum atomic E-state index is -0.322. The predicted octanol–water partition coefficient (Wildman–Crippen LogP) is 4.08. The fraction of sp³-hybridized carbons (Fsp3) is 0.0588. The van der Waals surface area contributed by atoms with Crippen molar-refractivity contribution < 1.29 is 9.53 Å². The summed E-state index contributed by atoms with van der Waals surface area (Å²) >= 11 is 7.70. The van der Waals surface area contributed by atoms with Crippen molar-refractivity contribution in [3.05, 3.63) is 63.8 Å². The lowest BCUT2D eigenvalue weighted by molar-refractivity contribution is -0.123. The van der Waals surface area contributed by atoms with Crippen LogP contribution in [0.2, 0.25) is 5.02 Å². The molecule has 1 aromatic heterocycles. The van der Waals surface area contributed by atoms with Crippen molar-refractivity contribution in [3.8, 4) is 5.75 Å². The summed E-state index contributed by atoms with van der Waals surface area (Å²) in [6.45, 7) is -0.118. The Morgan fingerprint density at radius 2 is 2.00 bits per heavy atom. The molecule has 116 valence electrons. The second-order valence-electron chi connectivity index (χ2n) is 4.69. The number of carbonyl (C=O) groups is 1. The lowest BCUT2D eigenvalue weighted by Crippen LogP contribution is -2.24. The highest BCUT2D eigenvalue weighted by molar-refractivity contribution is 7.11. The van der Waals surface area contributed by atoms with Crippen LogP contribution in [0.15, 0.2) is 59.0 Å². The zero-order valence-corrected chi connectivity index (χ0v) is 13.6. The number of nitrogens with zero attached hydrogens (tertiary/aromatic N) is 1. The van der Waals surface area contributed by atoms with E-state index >= 15 is 0 Å². The maximum atomic E-state index is 11.8. The summed E-state index contributed by atoms with van der Waals surface area (Å²) in [4.78, 5) is 12.7. The first kappa shape index (κ1) is 15.5. The summed E-state index contributed by atoms with van der Waals surface area (Å²) in [6.07, 6.45) is 1.60. The van der Waals surface area contributed by atoms with Gasteiger partial charge in [-0.2, -0.15) is 5.10 Å². The highest BCUT2D eigenvalue weighted by Gasteiger charge is 2.07. The minimum absolute atomic E-state index is 0.118. The quantitative estimate of drug-likeness (QED) is 0.560. The second-order valence-corrected chi connectivity index (χ2v) is 6.07. The number of rotatable bonds is 5. The van der Waals surface area contributed by atoms with Gasteiger partial charge in [-0.3, -0.25) is 4.79 Å². The van der Waals surface area contributed by atoms with Gasteiger partial charge in [0.2, 0.25) is 0 Å².